The standard InChI is InChI=1S/C13H17F2N3O/c1-3-4-10-9-16-17(2)11(10)12(19)18-7-5-13(14,15)6-8-18/h3,9H,1,4-8H2,2H3. The van der Waals surface area contributed by atoms with Crippen molar-refractivity contribution in [1.82, 2.24) is 14.7 Å². The number of amides is 1. The number of halogens is 2. The molecule has 1 fully saturated rings. The van der Waals surface area contributed by atoms with Crippen molar-refractivity contribution in [1.29, 1.82) is 0 Å². The molecule has 1 aliphatic heterocycles. The maximum Gasteiger partial charge on any atom is 0.272 e. The minimum atomic E-state index is -2.65. The van der Waals surface area contributed by atoms with Crippen LogP contribution in [0.2, 0.25) is 0 Å². The van der Waals surface area contributed by atoms with Gasteiger partial charge in [-0.25, -0.2) is 8.78 Å². The van der Waals surface area contributed by atoms with E-state index in [9.17, 15) is 13.6 Å². The highest BCUT2D eigenvalue weighted by atomic mass is 19.3. The Hall–Kier alpha value is -1.72. The molecular formula is C13H17F2N3O. The summed E-state index contributed by atoms with van der Waals surface area (Å²) >= 11 is 0. The second-order valence-corrected chi connectivity index (χ2v) is 4.78. The first-order valence-electron chi connectivity index (χ1n) is 6.23. The zero-order valence-electron chi connectivity index (χ0n) is 10.9. The second-order valence-electron chi connectivity index (χ2n) is 4.78. The van der Waals surface area contributed by atoms with Crippen molar-refractivity contribution in [3.8, 4) is 0 Å². The quantitative estimate of drug-likeness (QED) is 0.787. The molecule has 0 aliphatic carbocycles. The van der Waals surface area contributed by atoms with Crippen molar-refractivity contribution >= 4 is 5.91 Å². The molecule has 0 unspecified atom stereocenters. The van der Waals surface area contributed by atoms with Gasteiger partial charge in [-0.05, 0) is 6.42 Å². The molecule has 1 saturated heterocycles. The molecule has 0 atom stereocenters. The van der Waals surface area contributed by atoms with Crippen molar-refractivity contribution in [2.24, 2.45) is 7.05 Å². The minimum absolute atomic E-state index is 0.0878. The lowest BCUT2D eigenvalue weighted by Gasteiger charge is -2.31. The fraction of sp³-hybridized carbons (Fsp3) is 0.538. The van der Waals surface area contributed by atoms with Gasteiger partial charge in [-0.2, -0.15) is 5.10 Å². The Labute approximate surface area is 110 Å². The molecule has 4 nitrogen and oxygen atoms in total. The van der Waals surface area contributed by atoms with Crippen LogP contribution in [0.5, 0.6) is 0 Å². The largest absolute Gasteiger partial charge is 0.337 e. The molecule has 19 heavy (non-hydrogen) atoms. The van der Waals surface area contributed by atoms with Crippen molar-refractivity contribution in [3.05, 3.63) is 30.1 Å². The Bertz CT molecular complexity index is 486. The first-order valence-corrected chi connectivity index (χ1v) is 6.23. The molecule has 0 spiro atoms. The van der Waals surface area contributed by atoms with Crippen LogP contribution in [0.3, 0.4) is 0 Å². The van der Waals surface area contributed by atoms with E-state index in [2.05, 4.69) is 11.7 Å². The lowest BCUT2D eigenvalue weighted by molar-refractivity contribution is -0.0495. The number of aryl methyl sites for hydroxylation is 1. The summed E-state index contributed by atoms with van der Waals surface area (Å²) in [7, 11) is 1.68. The normalized spacial score (nSPS) is 18.4. The van der Waals surface area contributed by atoms with Gasteiger partial charge in [0.25, 0.3) is 11.8 Å². The Morgan fingerprint density at radius 1 is 1.53 bits per heavy atom. The number of allylic oxidation sites excluding steroid dienone is 1. The summed E-state index contributed by atoms with van der Waals surface area (Å²) in [4.78, 5) is 13.8. The van der Waals surface area contributed by atoms with Crippen molar-refractivity contribution in [2.45, 2.75) is 25.2 Å². The number of carbonyl (C=O) groups is 1. The fourth-order valence-corrected chi connectivity index (χ4v) is 2.25. The Kier molecular flexibility index (Phi) is 3.68. The van der Waals surface area contributed by atoms with Crippen LogP contribution in [0.4, 0.5) is 8.78 Å². The number of carbonyl (C=O) groups excluding carboxylic acids is 1. The summed E-state index contributed by atoms with van der Waals surface area (Å²) in [6, 6.07) is 0. The smallest absolute Gasteiger partial charge is 0.272 e. The lowest BCUT2D eigenvalue weighted by atomic mass is 10.1. The third-order valence-corrected chi connectivity index (χ3v) is 3.36. The molecule has 1 amide bonds. The maximum absolute atomic E-state index is 13.1. The molecule has 0 N–H and O–H groups in total. The van der Waals surface area contributed by atoms with Gasteiger partial charge in [0, 0.05) is 38.5 Å². The first-order chi connectivity index (χ1) is 8.94. The minimum Gasteiger partial charge on any atom is -0.337 e. The summed E-state index contributed by atoms with van der Waals surface area (Å²) in [6.07, 6.45) is 3.31. The third kappa shape index (κ3) is 2.83. The summed E-state index contributed by atoms with van der Waals surface area (Å²) in [5.74, 6) is -2.87. The zero-order valence-corrected chi connectivity index (χ0v) is 10.9. The van der Waals surface area contributed by atoms with E-state index in [-0.39, 0.29) is 31.8 Å². The van der Waals surface area contributed by atoms with E-state index in [0.29, 0.717) is 12.1 Å². The zero-order chi connectivity index (χ0) is 14.0. The van der Waals surface area contributed by atoms with E-state index in [1.165, 1.54) is 9.58 Å². The molecule has 1 aliphatic rings. The summed E-state index contributed by atoms with van der Waals surface area (Å²) in [5, 5.41) is 4.05. The average Bonchev–Trinajstić information content (AvgIpc) is 2.70. The van der Waals surface area contributed by atoms with Gasteiger partial charge in [-0.1, -0.05) is 6.08 Å². The molecule has 0 aromatic carbocycles. The first kappa shape index (κ1) is 13.7. The van der Waals surface area contributed by atoms with E-state index in [1.807, 2.05) is 0 Å². The van der Waals surface area contributed by atoms with Crippen LogP contribution in [0.25, 0.3) is 0 Å². The molecule has 0 saturated carbocycles. The van der Waals surface area contributed by atoms with Gasteiger partial charge in [0.15, 0.2) is 0 Å². The molecule has 0 bridgehead atoms. The number of aromatic nitrogens is 2. The maximum atomic E-state index is 13.1. The van der Waals surface area contributed by atoms with Gasteiger partial charge in [0.2, 0.25) is 0 Å². The Morgan fingerprint density at radius 2 is 2.16 bits per heavy atom. The number of rotatable bonds is 3. The number of likely N-dealkylation sites (tertiary alicyclic amines) is 1. The number of piperidine rings is 1. The van der Waals surface area contributed by atoms with E-state index in [4.69, 9.17) is 0 Å². The van der Waals surface area contributed by atoms with Gasteiger partial charge >= 0.3 is 0 Å². The molecule has 6 heteroatoms. The molecule has 1 aromatic rings. The Balaban J connectivity index is 2.16. The fourth-order valence-electron chi connectivity index (χ4n) is 2.25. The highest BCUT2D eigenvalue weighted by Gasteiger charge is 2.36. The van der Waals surface area contributed by atoms with Gasteiger partial charge in [0.05, 0.1) is 6.20 Å². The summed E-state index contributed by atoms with van der Waals surface area (Å²) < 4.78 is 27.7. The average molecular weight is 269 g/mol. The predicted molar refractivity (Wildman–Crippen MR) is 67.2 cm³/mol. The predicted octanol–water partition coefficient (Wildman–Crippen LogP) is 2.02. The summed E-state index contributed by atoms with van der Waals surface area (Å²) in [6.45, 7) is 3.81. The van der Waals surface area contributed by atoms with Crippen molar-refractivity contribution in [3.63, 3.8) is 0 Å². The molecule has 2 rings (SSSR count). The third-order valence-electron chi connectivity index (χ3n) is 3.36. The second kappa shape index (κ2) is 5.11. The highest BCUT2D eigenvalue weighted by molar-refractivity contribution is 5.94. The molecular weight excluding hydrogens is 252 g/mol. The van der Waals surface area contributed by atoms with Crippen molar-refractivity contribution in [2.75, 3.05) is 13.1 Å². The van der Waals surface area contributed by atoms with Crippen LogP contribution in [-0.2, 0) is 13.5 Å². The van der Waals surface area contributed by atoms with Crippen LogP contribution in [0, 0.1) is 0 Å². The van der Waals surface area contributed by atoms with Gasteiger partial charge in [0.1, 0.15) is 5.69 Å². The van der Waals surface area contributed by atoms with Gasteiger partial charge < -0.3 is 4.90 Å². The van der Waals surface area contributed by atoms with Gasteiger partial charge in [-0.15, -0.1) is 6.58 Å². The van der Waals surface area contributed by atoms with E-state index < -0.39 is 5.92 Å². The van der Waals surface area contributed by atoms with Crippen molar-refractivity contribution < 1.29 is 13.6 Å². The molecule has 1 aromatic heterocycles. The van der Waals surface area contributed by atoms with Gasteiger partial charge in [-0.3, -0.25) is 9.48 Å². The molecule has 104 valence electrons. The Morgan fingerprint density at radius 3 is 2.74 bits per heavy atom. The SMILES string of the molecule is C=CCc1cnn(C)c1C(=O)N1CCC(F)(F)CC1. The van der Waals surface area contributed by atoms with Crippen LogP contribution >= 0.6 is 0 Å². The number of hydrogen-bond acceptors (Lipinski definition) is 2. The number of nitrogens with zero attached hydrogens (tertiary/aromatic N) is 3. The molecule has 0 radical (unpaired) electrons. The summed E-state index contributed by atoms with van der Waals surface area (Å²) in [5.41, 5.74) is 1.24. The van der Waals surface area contributed by atoms with Crippen LogP contribution in [0.15, 0.2) is 18.9 Å². The number of alkyl halides is 2. The molecule has 2 heterocycles. The van der Waals surface area contributed by atoms with Crippen LogP contribution in [-0.4, -0.2) is 39.6 Å². The van der Waals surface area contributed by atoms with Crippen LogP contribution in [0.1, 0.15) is 28.9 Å². The lowest BCUT2D eigenvalue weighted by Crippen LogP contribution is -2.43. The highest BCUT2D eigenvalue weighted by Crippen LogP contribution is 2.28. The monoisotopic (exact) mass is 269 g/mol. The topological polar surface area (TPSA) is 38.1 Å². The van der Waals surface area contributed by atoms with Crippen LogP contribution < -0.4 is 0 Å². The van der Waals surface area contributed by atoms with E-state index >= 15 is 0 Å². The van der Waals surface area contributed by atoms with E-state index in [0.717, 1.165) is 5.56 Å². The number of hydrogen-bond donors (Lipinski definition) is 0. The van der Waals surface area contributed by atoms with E-state index in [1.54, 1.807) is 19.3 Å².